The van der Waals surface area contributed by atoms with Gasteiger partial charge in [-0.2, -0.15) is 0 Å². The van der Waals surface area contributed by atoms with E-state index in [1.807, 2.05) is 0 Å². The van der Waals surface area contributed by atoms with Gasteiger partial charge < -0.3 is 25.4 Å². The van der Waals surface area contributed by atoms with E-state index >= 15 is 0 Å². The molecule has 1 amide bonds. The number of rotatable bonds is 6. The topological polar surface area (TPSA) is 99.0 Å². The summed E-state index contributed by atoms with van der Waals surface area (Å²) in [4.78, 5) is 10.2. The van der Waals surface area contributed by atoms with Crippen molar-refractivity contribution in [2.45, 2.75) is 13.2 Å². The minimum absolute atomic E-state index is 0.142. The molecule has 0 saturated carbocycles. The summed E-state index contributed by atoms with van der Waals surface area (Å²) in [5.41, 5.74) is 1.24. The van der Waals surface area contributed by atoms with E-state index in [1.165, 1.54) is 0 Å². The monoisotopic (exact) mass is 241 g/mol. The molecule has 1 aromatic carbocycles. The maximum absolute atomic E-state index is 10.2. The minimum Gasteiger partial charge on any atom is -0.492 e. The van der Waals surface area contributed by atoms with Crippen LogP contribution >= 0.6 is 0 Å². The van der Waals surface area contributed by atoms with Crippen LogP contribution in [0.2, 0.25) is 0 Å². The summed E-state index contributed by atoms with van der Waals surface area (Å²) >= 11 is 0. The number of aliphatic hydroxyl groups excluding tert-OH is 2. The minimum atomic E-state index is -1.10. The van der Waals surface area contributed by atoms with E-state index in [2.05, 4.69) is 5.32 Å². The molecule has 0 aliphatic heterocycles. The van der Waals surface area contributed by atoms with Gasteiger partial charge in [0, 0.05) is 0 Å². The summed E-state index contributed by atoms with van der Waals surface area (Å²) < 4.78 is 5.28. The highest BCUT2D eigenvalue weighted by atomic mass is 16.5. The molecule has 0 aliphatic carbocycles. The molecule has 0 atom stereocenters. The summed E-state index contributed by atoms with van der Waals surface area (Å²) in [5, 5.41) is 28.6. The number of carboxylic acid groups (broad SMARTS) is 1. The standard InChI is InChI=1S/C11H15NO5/c13-6-8-1-2-10(5-9(8)7-14)17-4-3-12-11(15)16/h1-2,5,12-14H,3-4,6-7H2,(H,15,16). The Morgan fingerprint density at radius 3 is 2.53 bits per heavy atom. The molecule has 0 heterocycles. The van der Waals surface area contributed by atoms with Crippen molar-refractivity contribution in [3.8, 4) is 5.75 Å². The molecule has 0 fully saturated rings. The molecule has 4 N–H and O–H groups in total. The Bertz CT molecular complexity index is 380. The Hall–Kier alpha value is -1.79. The number of hydrogen-bond donors (Lipinski definition) is 4. The third-order valence-electron chi connectivity index (χ3n) is 2.17. The highest BCUT2D eigenvalue weighted by molar-refractivity contribution is 5.64. The maximum atomic E-state index is 10.2. The van der Waals surface area contributed by atoms with Crippen molar-refractivity contribution in [3.63, 3.8) is 0 Å². The van der Waals surface area contributed by atoms with Gasteiger partial charge in [-0.15, -0.1) is 0 Å². The second kappa shape index (κ2) is 6.72. The average molecular weight is 241 g/mol. The zero-order valence-corrected chi connectivity index (χ0v) is 9.22. The third-order valence-corrected chi connectivity index (χ3v) is 2.17. The van der Waals surface area contributed by atoms with Crippen LogP contribution in [0.5, 0.6) is 5.75 Å². The fourth-order valence-corrected chi connectivity index (χ4v) is 1.32. The third kappa shape index (κ3) is 4.29. The van der Waals surface area contributed by atoms with E-state index in [9.17, 15) is 4.79 Å². The highest BCUT2D eigenvalue weighted by Crippen LogP contribution is 2.18. The largest absolute Gasteiger partial charge is 0.492 e. The first-order valence-electron chi connectivity index (χ1n) is 5.10. The summed E-state index contributed by atoms with van der Waals surface area (Å²) in [7, 11) is 0. The predicted octanol–water partition coefficient (Wildman–Crippen LogP) is 0.318. The summed E-state index contributed by atoms with van der Waals surface area (Å²) in [6, 6.07) is 4.93. The molecule has 1 aromatic rings. The Morgan fingerprint density at radius 1 is 1.24 bits per heavy atom. The van der Waals surface area contributed by atoms with Gasteiger partial charge in [0.2, 0.25) is 0 Å². The van der Waals surface area contributed by atoms with Crippen LogP contribution in [0.4, 0.5) is 4.79 Å². The molecule has 6 nitrogen and oxygen atoms in total. The van der Waals surface area contributed by atoms with E-state index in [-0.39, 0.29) is 26.4 Å². The number of ether oxygens (including phenoxy) is 1. The van der Waals surface area contributed by atoms with E-state index in [0.29, 0.717) is 16.9 Å². The van der Waals surface area contributed by atoms with Crippen molar-refractivity contribution in [1.29, 1.82) is 0 Å². The van der Waals surface area contributed by atoms with E-state index in [0.717, 1.165) is 0 Å². The second-order valence-corrected chi connectivity index (χ2v) is 3.33. The average Bonchev–Trinajstić information content (AvgIpc) is 2.34. The molecule has 1 rings (SSSR count). The summed E-state index contributed by atoms with van der Waals surface area (Å²) in [5.74, 6) is 0.526. The summed E-state index contributed by atoms with van der Waals surface area (Å²) in [6.45, 7) is 0.0679. The van der Waals surface area contributed by atoms with E-state index in [1.54, 1.807) is 18.2 Å². The molecule has 0 aromatic heterocycles. The second-order valence-electron chi connectivity index (χ2n) is 3.33. The first kappa shape index (κ1) is 13.3. The molecule has 0 aliphatic rings. The maximum Gasteiger partial charge on any atom is 0.404 e. The molecule has 0 unspecified atom stereocenters. The van der Waals surface area contributed by atoms with Crippen LogP contribution < -0.4 is 10.1 Å². The van der Waals surface area contributed by atoms with Crippen molar-refractivity contribution in [1.82, 2.24) is 5.32 Å². The van der Waals surface area contributed by atoms with Gasteiger partial charge >= 0.3 is 6.09 Å². The zero-order chi connectivity index (χ0) is 12.7. The van der Waals surface area contributed by atoms with Gasteiger partial charge in [-0.05, 0) is 23.3 Å². The first-order chi connectivity index (χ1) is 8.17. The fourth-order valence-electron chi connectivity index (χ4n) is 1.32. The lowest BCUT2D eigenvalue weighted by Gasteiger charge is -2.09. The number of carbonyl (C=O) groups is 1. The van der Waals surface area contributed by atoms with Crippen molar-refractivity contribution < 1.29 is 24.9 Å². The van der Waals surface area contributed by atoms with Crippen molar-refractivity contribution in [2.75, 3.05) is 13.2 Å². The van der Waals surface area contributed by atoms with Crippen LogP contribution in [-0.2, 0) is 13.2 Å². The molecule has 94 valence electrons. The molecular formula is C11H15NO5. The Kier molecular flexibility index (Phi) is 5.25. The number of benzene rings is 1. The fraction of sp³-hybridized carbons (Fsp3) is 0.364. The molecule has 6 heteroatoms. The molecule has 0 radical (unpaired) electrons. The van der Waals surface area contributed by atoms with E-state index < -0.39 is 6.09 Å². The van der Waals surface area contributed by atoms with Gasteiger partial charge in [-0.25, -0.2) is 4.79 Å². The number of amides is 1. The predicted molar refractivity (Wildman–Crippen MR) is 59.8 cm³/mol. The van der Waals surface area contributed by atoms with Crippen LogP contribution in [0.3, 0.4) is 0 Å². The van der Waals surface area contributed by atoms with Gasteiger partial charge in [0.1, 0.15) is 12.4 Å². The SMILES string of the molecule is O=C(O)NCCOc1ccc(CO)c(CO)c1. The van der Waals surface area contributed by atoms with Crippen LogP contribution in [-0.4, -0.2) is 34.6 Å². The molecule has 0 bridgehead atoms. The Balaban J connectivity index is 2.51. The molecule has 17 heavy (non-hydrogen) atoms. The normalized spacial score (nSPS) is 10.0. The van der Waals surface area contributed by atoms with Crippen molar-refractivity contribution >= 4 is 6.09 Å². The summed E-state index contributed by atoms with van der Waals surface area (Å²) in [6.07, 6.45) is -1.10. The number of aliphatic hydroxyl groups is 2. The quantitative estimate of drug-likeness (QED) is 0.537. The number of nitrogens with one attached hydrogen (secondary N) is 1. The lowest BCUT2D eigenvalue weighted by atomic mass is 10.1. The lowest BCUT2D eigenvalue weighted by Crippen LogP contribution is -2.26. The number of hydrogen-bond acceptors (Lipinski definition) is 4. The highest BCUT2D eigenvalue weighted by Gasteiger charge is 2.03. The zero-order valence-electron chi connectivity index (χ0n) is 9.22. The van der Waals surface area contributed by atoms with Gasteiger partial charge in [0.15, 0.2) is 0 Å². The van der Waals surface area contributed by atoms with Crippen LogP contribution in [0, 0.1) is 0 Å². The van der Waals surface area contributed by atoms with Crippen molar-refractivity contribution in [2.24, 2.45) is 0 Å². The van der Waals surface area contributed by atoms with Crippen LogP contribution in [0.25, 0.3) is 0 Å². The molecule has 0 spiro atoms. The van der Waals surface area contributed by atoms with Gasteiger partial charge in [-0.1, -0.05) is 6.07 Å². The first-order valence-corrected chi connectivity index (χ1v) is 5.10. The van der Waals surface area contributed by atoms with Crippen LogP contribution in [0.1, 0.15) is 11.1 Å². The van der Waals surface area contributed by atoms with Crippen molar-refractivity contribution in [3.05, 3.63) is 29.3 Å². The van der Waals surface area contributed by atoms with Gasteiger partial charge in [0.05, 0.1) is 19.8 Å². The lowest BCUT2D eigenvalue weighted by molar-refractivity contribution is 0.191. The van der Waals surface area contributed by atoms with Gasteiger partial charge in [-0.3, -0.25) is 0 Å². The van der Waals surface area contributed by atoms with E-state index in [4.69, 9.17) is 20.1 Å². The smallest absolute Gasteiger partial charge is 0.404 e. The Morgan fingerprint density at radius 2 is 1.94 bits per heavy atom. The van der Waals surface area contributed by atoms with Crippen LogP contribution in [0.15, 0.2) is 18.2 Å². The molecular weight excluding hydrogens is 226 g/mol. The van der Waals surface area contributed by atoms with Gasteiger partial charge in [0.25, 0.3) is 0 Å². The molecule has 0 saturated heterocycles. The Labute approximate surface area is 98.5 Å².